The van der Waals surface area contributed by atoms with Gasteiger partial charge in [-0.05, 0) is 54.1 Å². The van der Waals surface area contributed by atoms with E-state index in [-0.39, 0.29) is 22.8 Å². The molecule has 0 aliphatic rings. The van der Waals surface area contributed by atoms with Gasteiger partial charge in [0.05, 0.1) is 5.56 Å². The summed E-state index contributed by atoms with van der Waals surface area (Å²) in [6.07, 6.45) is 0. The predicted octanol–water partition coefficient (Wildman–Crippen LogP) is 3.13. The Morgan fingerprint density at radius 1 is 1.07 bits per heavy atom. The van der Waals surface area contributed by atoms with Crippen LogP contribution in [0, 0.1) is 11.8 Å². The highest BCUT2D eigenvalue weighted by Gasteiger charge is 2.22. The predicted molar refractivity (Wildman–Crippen MR) is 106 cm³/mol. The van der Waals surface area contributed by atoms with Gasteiger partial charge in [-0.15, -0.1) is 5.92 Å². The van der Waals surface area contributed by atoms with Gasteiger partial charge < -0.3 is 8.92 Å². The van der Waals surface area contributed by atoms with Crippen LogP contribution in [0.5, 0.6) is 11.5 Å². The summed E-state index contributed by atoms with van der Waals surface area (Å²) in [5, 5.41) is 10.4. The molecule has 0 aliphatic carbocycles. The Kier molecular flexibility index (Phi) is 6.02. The van der Waals surface area contributed by atoms with Gasteiger partial charge >= 0.3 is 10.1 Å². The molecule has 2 N–H and O–H groups in total. The summed E-state index contributed by atoms with van der Waals surface area (Å²) < 4.78 is 36.0. The zero-order valence-electron chi connectivity index (χ0n) is 15.4. The van der Waals surface area contributed by atoms with E-state index in [9.17, 15) is 13.2 Å². The van der Waals surface area contributed by atoms with E-state index in [0.29, 0.717) is 16.5 Å². The average molecular weight is 411 g/mol. The molecule has 7 nitrogen and oxygen atoms in total. The summed E-state index contributed by atoms with van der Waals surface area (Å²) in [7, 11) is -4.23. The Bertz CT molecular complexity index is 1210. The first-order valence-corrected chi connectivity index (χ1v) is 9.89. The van der Waals surface area contributed by atoms with E-state index in [1.165, 1.54) is 41.9 Å². The molecule has 3 aromatic rings. The van der Waals surface area contributed by atoms with Gasteiger partial charge in [-0.1, -0.05) is 30.2 Å². The summed E-state index contributed by atoms with van der Waals surface area (Å²) in [5.74, 6) is 4.80. The molecule has 3 rings (SSSR count). The largest absolute Gasteiger partial charge is 0.481 e. The third-order valence-corrected chi connectivity index (χ3v) is 5.24. The molecule has 1 amide bonds. The number of carbonyl (C=O) groups is 1. The number of amides is 1. The lowest BCUT2D eigenvalue weighted by Gasteiger charge is -2.12. The van der Waals surface area contributed by atoms with Crippen molar-refractivity contribution in [3.63, 3.8) is 0 Å². The smallest absolute Gasteiger partial charge is 0.339 e. The summed E-state index contributed by atoms with van der Waals surface area (Å²) in [6, 6.07) is 15.5. The molecule has 0 spiro atoms. The monoisotopic (exact) mass is 411 g/mol. The van der Waals surface area contributed by atoms with Gasteiger partial charge in [-0.25, -0.2) is 5.48 Å². The molecule has 0 atom stereocenters. The topological polar surface area (TPSA) is 102 Å². The average Bonchev–Trinajstić information content (AvgIpc) is 2.73. The molecule has 29 heavy (non-hydrogen) atoms. The first kappa shape index (κ1) is 20.2. The van der Waals surface area contributed by atoms with Crippen LogP contribution in [0.15, 0.2) is 65.6 Å². The molecular formula is C21H17NO6S. The van der Waals surface area contributed by atoms with Crippen LogP contribution in [0.4, 0.5) is 0 Å². The first-order chi connectivity index (χ1) is 13.9. The van der Waals surface area contributed by atoms with Crippen molar-refractivity contribution in [1.29, 1.82) is 0 Å². The Morgan fingerprint density at radius 3 is 2.34 bits per heavy atom. The van der Waals surface area contributed by atoms with Crippen molar-refractivity contribution < 1.29 is 27.3 Å². The molecule has 0 aliphatic heterocycles. The van der Waals surface area contributed by atoms with Crippen LogP contribution in [-0.4, -0.2) is 26.1 Å². The van der Waals surface area contributed by atoms with Crippen LogP contribution in [-0.2, 0) is 10.1 Å². The summed E-state index contributed by atoms with van der Waals surface area (Å²) >= 11 is 0. The van der Waals surface area contributed by atoms with Gasteiger partial charge in [0, 0.05) is 0 Å². The van der Waals surface area contributed by atoms with Crippen LogP contribution in [0.1, 0.15) is 17.3 Å². The van der Waals surface area contributed by atoms with Crippen molar-refractivity contribution >= 4 is 26.8 Å². The van der Waals surface area contributed by atoms with Crippen LogP contribution in [0.25, 0.3) is 10.8 Å². The van der Waals surface area contributed by atoms with Gasteiger partial charge in [-0.3, -0.25) is 10.0 Å². The number of fused-ring (bicyclic) bond motifs is 1. The molecule has 0 fully saturated rings. The van der Waals surface area contributed by atoms with E-state index in [4.69, 9.17) is 14.1 Å². The third kappa shape index (κ3) is 4.66. The fraction of sp³-hybridized carbons (Fsp3) is 0.0952. The molecule has 0 saturated heterocycles. The van der Waals surface area contributed by atoms with Crippen molar-refractivity contribution in [2.75, 3.05) is 6.61 Å². The highest BCUT2D eigenvalue weighted by Crippen LogP contribution is 2.29. The van der Waals surface area contributed by atoms with E-state index in [2.05, 4.69) is 11.8 Å². The molecule has 8 heteroatoms. The second-order valence-corrected chi connectivity index (χ2v) is 7.41. The fourth-order valence-corrected chi connectivity index (χ4v) is 3.53. The zero-order chi connectivity index (χ0) is 20.9. The van der Waals surface area contributed by atoms with Gasteiger partial charge in [0.1, 0.15) is 17.3 Å². The van der Waals surface area contributed by atoms with E-state index in [1.54, 1.807) is 31.2 Å². The fourth-order valence-electron chi connectivity index (χ4n) is 2.59. The SMILES string of the molecule is CC#CCOc1ccc(S(=O)(=O)Oc2cc3ccccc3cc2C(=O)NO)cc1. The number of benzene rings is 3. The van der Waals surface area contributed by atoms with Crippen molar-refractivity contribution in [2.24, 2.45) is 0 Å². The minimum Gasteiger partial charge on any atom is -0.481 e. The zero-order valence-corrected chi connectivity index (χ0v) is 16.2. The standard InChI is InChI=1S/C21H17NO6S/c1-2-3-12-27-17-8-10-18(11-9-17)29(25,26)28-20-14-16-7-5-4-6-15(16)13-19(20)21(23)22-24/h4-11,13-14,24H,12H2,1H3,(H,22,23). The van der Waals surface area contributed by atoms with Crippen LogP contribution in [0.2, 0.25) is 0 Å². The highest BCUT2D eigenvalue weighted by atomic mass is 32.2. The second-order valence-electron chi connectivity index (χ2n) is 5.86. The Balaban J connectivity index is 1.93. The highest BCUT2D eigenvalue weighted by molar-refractivity contribution is 7.87. The normalized spacial score (nSPS) is 10.7. The maximum atomic E-state index is 12.7. The van der Waals surface area contributed by atoms with E-state index >= 15 is 0 Å². The van der Waals surface area contributed by atoms with E-state index in [1.807, 2.05) is 0 Å². The number of hydrogen-bond donors (Lipinski definition) is 2. The molecule has 148 valence electrons. The summed E-state index contributed by atoms with van der Waals surface area (Å²) in [4.78, 5) is 11.9. The second kappa shape index (κ2) is 8.65. The molecule has 0 bridgehead atoms. The van der Waals surface area contributed by atoms with Crippen LogP contribution in [0.3, 0.4) is 0 Å². The first-order valence-electron chi connectivity index (χ1n) is 8.49. The van der Waals surface area contributed by atoms with Crippen LogP contribution >= 0.6 is 0 Å². The molecule has 0 radical (unpaired) electrons. The quantitative estimate of drug-likeness (QED) is 0.280. The number of carbonyl (C=O) groups excluding carboxylic acids is 1. The Labute approximate surface area is 168 Å². The van der Waals surface area contributed by atoms with Crippen molar-refractivity contribution in [3.8, 4) is 23.3 Å². The molecular weight excluding hydrogens is 394 g/mol. The van der Waals surface area contributed by atoms with Gasteiger partial charge in [0.2, 0.25) is 0 Å². The molecule has 0 aromatic heterocycles. The minimum atomic E-state index is -4.23. The third-order valence-electron chi connectivity index (χ3n) is 3.99. The van der Waals surface area contributed by atoms with Crippen LogP contribution < -0.4 is 14.4 Å². The molecule has 0 saturated carbocycles. The lowest BCUT2D eigenvalue weighted by atomic mass is 10.1. The number of nitrogens with one attached hydrogen (secondary N) is 1. The van der Waals surface area contributed by atoms with E-state index in [0.717, 1.165) is 0 Å². The molecule has 0 unspecified atom stereocenters. The van der Waals surface area contributed by atoms with Crippen molar-refractivity contribution in [2.45, 2.75) is 11.8 Å². The number of ether oxygens (including phenoxy) is 1. The van der Waals surface area contributed by atoms with Gasteiger partial charge in [0.25, 0.3) is 5.91 Å². The van der Waals surface area contributed by atoms with Gasteiger partial charge in [0.15, 0.2) is 5.75 Å². The Hall–Kier alpha value is -3.54. The number of hydroxylamine groups is 1. The number of hydrogen-bond acceptors (Lipinski definition) is 6. The van der Waals surface area contributed by atoms with E-state index < -0.39 is 16.0 Å². The molecule has 3 aromatic carbocycles. The maximum absolute atomic E-state index is 12.7. The number of rotatable bonds is 6. The van der Waals surface area contributed by atoms with Gasteiger partial charge in [-0.2, -0.15) is 8.42 Å². The molecule has 0 heterocycles. The lowest BCUT2D eigenvalue weighted by Crippen LogP contribution is -2.21. The van der Waals surface area contributed by atoms with Crippen molar-refractivity contribution in [1.82, 2.24) is 5.48 Å². The lowest BCUT2D eigenvalue weighted by molar-refractivity contribution is 0.0705. The summed E-state index contributed by atoms with van der Waals surface area (Å²) in [5.41, 5.74) is 1.38. The summed E-state index contributed by atoms with van der Waals surface area (Å²) in [6.45, 7) is 1.88. The van der Waals surface area contributed by atoms with Crippen molar-refractivity contribution in [3.05, 3.63) is 66.2 Å². The minimum absolute atomic E-state index is 0.116. The maximum Gasteiger partial charge on any atom is 0.339 e. The Morgan fingerprint density at radius 2 is 1.72 bits per heavy atom.